The van der Waals surface area contributed by atoms with Crippen molar-refractivity contribution in [3.8, 4) is 0 Å². The lowest BCUT2D eigenvalue weighted by Crippen LogP contribution is -2.35. The van der Waals surface area contributed by atoms with Gasteiger partial charge in [0.25, 0.3) is 0 Å². The number of rotatable bonds is 3. The third-order valence-electron chi connectivity index (χ3n) is 3.57. The van der Waals surface area contributed by atoms with E-state index >= 15 is 0 Å². The zero-order valence-electron chi connectivity index (χ0n) is 12.3. The van der Waals surface area contributed by atoms with Crippen LogP contribution in [0.15, 0.2) is 22.7 Å². The SMILES string of the molecule is CC(C)(C)NCc1ccc(N2CCCCC2)cc1Br. The van der Waals surface area contributed by atoms with Crippen LogP contribution in [-0.2, 0) is 6.54 Å². The van der Waals surface area contributed by atoms with Gasteiger partial charge in [-0.1, -0.05) is 22.0 Å². The summed E-state index contributed by atoms with van der Waals surface area (Å²) in [4.78, 5) is 2.50. The van der Waals surface area contributed by atoms with Crippen LogP contribution in [0.4, 0.5) is 5.69 Å². The monoisotopic (exact) mass is 324 g/mol. The van der Waals surface area contributed by atoms with E-state index in [1.54, 1.807) is 0 Å². The Morgan fingerprint density at radius 2 is 1.84 bits per heavy atom. The van der Waals surface area contributed by atoms with Gasteiger partial charge in [0, 0.05) is 35.3 Å². The fourth-order valence-electron chi connectivity index (χ4n) is 2.39. The quantitative estimate of drug-likeness (QED) is 0.890. The zero-order valence-corrected chi connectivity index (χ0v) is 13.9. The van der Waals surface area contributed by atoms with Gasteiger partial charge in [0.15, 0.2) is 0 Å². The number of hydrogen-bond acceptors (Lipinski definition) is 2. The van der Waals surface area contributed by atoms with Crippen molar-refractivity contribution in [1.82, 2.24) is 5.32 Å². The number of halogens is 1. The van der Waals surface area contributed by atoms with Gasteiger partial charge in [-0.2, -0.15) is 0 Å². The van der Waals surface area contributed by atoms with Crippen LogP contribution in [0, 0.1) is 0 Å². The molecule has 1 N–H and O–H groups in total. The molecule has 1 fully saturated rings. The second-order valence-corrected chi connectivity index (χ2v) is 7.28. The highest BCUT2D eigenvalue weighted by atomic mass is 79.9. The van der Waals surface area contributed by atoms with Crippen molar-refractivity contribution in [2.75, 3.05) is 18.0 Å². The van der Waals surface area contributed by atoms with Gasteiger partial charge in [0.1, 0.15) is 0 Å². The molecule has 0 radical (unpaired) electrons. The van der Waals surface area contributed by atoms with Gasteiger partial charge >= 0.3 is 0 Å². The Kier molecular flexibility index (Phi) is 4.91. The molecule has 0 spiro atoms. The Hall–Kier alpha value is -0.540. The van der Waals surface area contributed by atoms with Crippen molar-refractivity contribution in [2.24, 2.45) is 0 Å². The molecule has 0 saturated carbocycles. The Morgan fingerprint density at radius 3 is 2.42 bits per heavy atom. The Bertz CT molecular complexity index is 417. The van der Waals surface area contributed by atoms with E-state index in [4.69, 9.17) is 0 Å². The van der Waals surface area contributed by atoms with Crippen LogP contribution in [-0.4, -0.2) is 18.6 Å². The summed E-state index contributed by atoms with van der Waals surface area (Å²) in [6.07, 6.45) is 4.03. The summed E-state index contributed by atoms with van der Waals surface area (Å²) in [7, 11) is 0. The maximum absolute atomic E-state index is 3.71. The molecule has 1 aromatic carbocycles. The highest BCUT2D eigenvalue weighted by molar-refractivity contribution is 9.10. The minimum Gasteiger partial charge on any atom is -0.372 e. The summed E-state index contributed by atoms with van der Waals surface area (Å²) in [6, 6.07) is 6.77. The van der Waals surface area contributed by atoms with E-state index < -0.39 is 0 Å². The average Bonchev–Trinajstić information content (AvgIpc) is 2.37. The molecule has 0 unspecified atom stereocenters. The van der Waals surface area contributed by atoms with Crippen LogP contribution in [0.1, 0.15) is 45.6 Å². The number of benzene rings is 1. The van der Waals surface area contributed by atoms with E-state index in [1.165, 1.54) is 48.1 Å². The molecule has 0 bridgehead atoms. The average molecular weight is 325 g/mol. The topological polar surface area (TPSA) is 15.3 Å². The van der Waals surface area contributed by atoms with E-state index in [9.17, 15) is 0 Å². The number of hydrogen-bond donors (Lipinski definition) is 1. The lowest BCUT2D eigenvalue weighted by molar-refractivity contribution is 0.424. The summed E-state index contributed by atoms with van der Waals surface area (Å²) in [6.45, 7) is 9.90. The van der Waals surface area contributed by atoms with Crippen molar-refractivity contribution in [3.63, 3.8) is 0 Å². The molecule has 0 atom stereocenters. The molecule has 1 aliphatic heterocycles. The summed E-state index contributed by atoms with van der Waals surface area (Å²) < 4.78 is 1.22. The Balaban J connectivity index is 2.04. The molecular formula is C16H25BrN2. The standard InChI is InChI=1S/C16H25BrN2/c1-16(2,3)18-12-13-7-8-14(11-15(13)17)19-9-5-4-6-10-19/h7-8,11,18H,4-6,9-10,12H2,1-3H3. The molecule has 3 heteroatoms. The fraction of sp³-hybridized carbons (Fsp3) is 0.625. The van der Waals surface area contributed by atoms with Crippen LogP contribution in [0.3, 0.4) is 0 Å². The van der Waals surface area contributed by atoms with E-state index in [1.807, 2.05) is 0 Å². The van der Waals surface area contributed by atoms with Crippen LogP contribution < -0.4 is 10.2 Å². The second kappa shape index (κ2) is 6.27. The summed E-state index contributed by atoms with van der Waals surface area (Å²) in [5, 5.41) is 3.53. The molecular weight excluding hydrogens is 300 g/mol. The van der Waals surface area contributed by atoms with Gasteiger partial charge in [-0.15, -0.1) is 0 Å². The first-order valence-corrected chi connectivity index (χ1v) is 8.03. The molecule has 106 valence electrons. The van der Waals surface area contributed by atoms with E-state index in [2.05, 4.69) is 65.1 Å². The smallest absolute Gasteiger partial charge is 0.0377 e. The maximum atomic E-state index is 3.71. The van der Waals surface area contributed by atoms with Crippen LogP contribution in [0.2, 0.25) is 0 Å². The van der Waals surface area contributed by atoms with E-state index in [0.29, 0.717) is 0 Å². The van der Waals surface area contributed by atoms with Crippen molar-refractivity contribution in [2.45, 2.75) is 52.1 Å². The number of nitrogens with zero attached hydrogens (tertiary/aromatic N) is 1. The lowest BCUT2D eigenvalue weighted by Gasteiger charge is -2.29. The third kappa shape index (κ3) is 4.50. The molecule has 0 aromatic heterocycles. The van der Waals surface area contributed by atoms with Crippen LogP contribution in [0.5, 0.6) is 0 Å². The highest BCUT2D eigenvalue weighted by Crippen LogP contribution is 2.26. The zero-order chi connectivity index (χ0) is 13.9. The molecule has 1 heterocycles. The fourth-order valence-corrected chi connectivity index (χ4v) is 2.90. The molecule has 1 aliphatic rings. The first-order valence-electron chi connectivity index (χ1n) is 7.24. The van der Waals surface area contributed by atoms with Gasteiger partial charge in [-0.25, -0.2) is 0 Å². The van der Waals surface area contributed by atoms with Gasteiger partial charge < -0.3 is 10.2 Å². The number of nitrogens with one attached hydrogen (secondary N) is 1. The molecule has 0 aliphatic carbocycles. The number of anilines is 1. The van der Waals surface area contributed by atoms with E-state index in [0.717, 1.165) is 6.54 Å². The van der Waals surface area contributed by atoms with Crippen molar-refractivity contribution < 1.29 is 0 Å². The largest absolute Gasteiger partial charge is 0.372 e. The van der Waals surface area contributed by atoms with Crippen molar-refractivity contribution >= 4 is 21.6 Å². The highest BCUT2D eigenvalue weighted by Gasteiger charge is 2.13. The van der Waals surface area contributed by atoms with Gasteiger partial charge in [-0.05, 0) is 57.7 Å². The van der Waals surface area contributed by atoms with Crippen molar-refractivity contribution in [1.29, 1.82) is 0 Å². The predicted molar refractivity (Wildman–Crippen MR) is 86.8 cm³/mol. The van der Waals surface area contributed by atoms with Crippen molar-refractivity contribution in [3.05, 3.63) is 28.2 Å². The normalized spacial score (nSPS) is 16.7. The molecule has 2 rings (SSSR count). The van der Waals surface area contributed by atoms with Crippen LogP contribution >= 0.6 is 15.9 Å². The molecule has 1 saturated heterocycles. The first kappa shape index (κ1) is 14.9. The minimum absolute atomic E-state index is 0.158. The summed E-state index contributed by atoms with van der Waals surface area (Å²) >= 11 is 3.71. The first-order chi connectivity index (χ1) is 8.96. The Morgan fingerprint density at radius 1 is 1.16 bits per heavy atom. The van der Waals surface area contributed by atoms with E-state index in [-0.39, 0.29) is 5.54 Å². The molecule has 1 aromatic rings. The second-order valence-electron chi connectivity index (χ2n) is 6.43. The summed E-state index contributed by atoms with van der Waals surface area (Å²) in [5.41, 5.74) is 2.84. The molecule has 0 amide bonds. The Labute approximate surface area is 125 Å². The summed E-state index contributed by atoms with van der Waals surface area (Å²) in [5.74, 6) is 0. The maximum Gasteiger partial charge on any atom is 0.0377 e. The van der Waals surface area contributed by atoms with Gasteiger partial charge in [0.2, 0.25) is 0 Å². The minimum atomic E-state index is 0.158. The van der Waals surface area contributed by atoms with Gasteiger partial charge in [0.05, 0.1) is 0 Å². The lowest BCUT2D eigenvalue weighted by atomic mass is 10.1. The third-order valence-corrected chi connectivity index (χ3v) is 4.31. The van der Waals surface area contributed by atoms with Gasteiger partial charge in [-0.3, -0.25) is 0 Å². The molecule has 2 nitrogen and oxygen atoms in total. The van der Waals surface area contributed by atoms with Crippen LogP contribution in [0.25, 0.3) is 0 Å². The number of piperidine rings is 1. The predicted octanol–water partition coefficient (Wildman–Crippen LogP) is 4.33. The molecule has 19 heavy (non-hydrogen) atoms.